The number of benzene rings is 2. The van der Waals surface area contributed by atoms with E-state index in [0.29, 0.717) is 11.3 Å². The van der Waals surface area contributed by atoms with Crippen LogP contribution in [0.5, 0.6) is 11.5 Å². The van der Waals surface area contributed by atoms with Crippen molar-refractivity contribution in [3.63, 3.8) is 0 Å². The van der Waals surface area contributed by atoms with Crippen molar-refractivity contribution >= 4 is 0 Å². The third-order valence-electron chi connectivity index (χ3n) is 2.97. The van der Waals surface area contributed by atoms with E-state index in [2.05, 4.69) is 0 Å². The normalized spacial score (nSPS) is 11.5. The van der Waals surface area contributed by atoms with Gasteiger partial charge in [0.15, 0.2) is 0 Å². The lowest BCUT2D eigenvalue weighted by Gasteiger charge is -2.15. The molecule has 0 saturated carbocycles. The van der Waals surface area contributed by atoms with Crippen LogP contribution < -0.4 is 10.5 Å². The number of para-hydroxylation sites is 1. The summed E-state index contributed by atoms with van der Waals surface area (Å²) in [6.45, 7) is -0.310. The number of halogens is 3. The lowest BCUT2D eigenvalue weighted by Crippen LogP contribution is -2.08. The van der Waals surface area contributed by atoms with E-state index in [-0.39, 0.29) is 24.5 Å². The van der Waals surface area contributed by atoms with Gasteiger partial charge in [-0.15, -0.1) is 0 Å². The highest BCUT2D eigenvalue weighted by atomic mass is 19.4. The van der Waals surface area contributed by atoms with Gasteiger partial charge in [0, 0.05) is 17.7 Å². The molecule has 2 aromatic rings. The minimum atomic E-state index is -4.43. The van der Waals surface area contributed by atoms with Gasteiger partial charge in [-0.05, 0) is 24.3 Å². The number of aliphatic hydroxyl groups excluding tert-OH is 1. The third-order valence-corrected chi connectivity index (χ3v) is 2.97. The molecule has 0 aromatic heterocycles. The first-order valence-electron chi connectivity index (χ1n) is 6.22. The molecule has 2 aromatic carbocycles. The zero-order valence-corrected chi connectivity index (χ0v) is 11.0. The zero-order valence-electron chi connectivity index (χ0n) is 11.0. The van der Waals surface area contributed by atoms with Crippen LogP contribution in [0.2, 0.25) is 0 Å². The Morgan fingerprint density at radius 3 is 2.29 bits per heavy atom. The van der Waals surface area contributed by atoms with E-state index >= 15 is 0 Å². The van der Waals surface area contributed by atoms with E-state index in [1.54, 1.807) is 24.3 Å². The van der Waals surface area contributed by atoms with Crippen molar-refractivity contribution in [1.29, 1.82) is 0 Å². The molecule has 0 aliphatic heterocycles. The predicted molar refractivity (Wildman–Crippen MR) is 71.8 cm³/mol. The van der Waals surface area contributed by atoms with E-state index in [1.807, 2.05) is 0 Å². The van der Waals surface area contributed by atoms with Gasteiger partial charge in [-0.3, -0.25) is 0 Å². The van der Waals surface area contributed by atoms with Gasteiger partial charge in [0.1, 0.15) is 11.5 Å². The van der Waals surface area contributed by atoms with Crippen LogP contribution in [-0.4, -0.2) is 5.11 Å². The Hall–Kier alpha value is -2.05. The Kier molecular flexibility index (Phi) is 4.50. The number of rotatable bonds is 4. The fraction of sp³-hybridized carbons (Fsp3) is 0.200. The second-order valence-electron chi connectivity index (χ2n) is 4.39. The van der Waals surface area contributed by atoms with E-state index < -0.39 is 11.7 Å². The van der Waals surface area contributed by atoms with Gasteiger partial charge in [0.2, 0.25) is 0 Å². The third kappa shape index (κ3) is 3.53. The monoisotopic (exact) mass is 297 g/mol. The number of aliphatic hydroxyl groups is 1. The fourth-order valence-corrected chi connectivity index (χ4v) is 1.87. The minimum absolute atomic E-state index is 0.0828. The number of alkyl halides is 3. The standard InChI is InChI=1S/C15H14F3NO2/c16-15(17,18)12-5-6-14(11(7-12)8-19)21-13-4-2-1-3-10(13)9-20/h1-7,20H,8-9,19H2. The van der Waals surface area contributed by atoms with Gasteiger partial charge in [-0.25, -0.2) is 0 Å². The summed E-state index contributed by atoms with van der Waals surface area (Å²) < 4.78 is 43.6. The molecule has 0 saturated heterocycles. The largest absolute Gasteiger partial charge is 0.457 e. The quantitative estimate of drug-likeness (QED) is 0.908. The summed E-state index contributed by atoms with van der Waals surface area (Å²) in [5, 5.41) is 9.22. The summed E-state index contributed by atoms with van der Waals surface area (Å²) in [6, 6.07) is 9.88. The van der Waals surface area contributed by atoms with E-state index in [0.717, 1.165) is 12.1 Å². The summed E-state index contributed by atoms with van der Waals surface area (Å²) in [4.78, 5) is 0. The molecule has 0 unspecified atom stereocenters. The molecule has 0 bridgehead atoms. The molecule has 0 spiro atoms. The Balaban J connectivity index is 2.36. The van der Waals surface area contributed by atoms with Crippen molar-refractivity contribution in [2.75, 3.05) is 0 Å². The molecule has 2 rings (SSSR count). The second kappa shape index (κ2) is 6.15. The van der Waals surface area contributed by atoms with Crippen LogP contribution in [0, 0.1) is 0 Å². The summed E-state index contributed by atoms with van der Waals surface area (Å²) in [5.74, 6) is 0.626. The van der Waals surface area contributed by atoms with Crippen LogP contribution in [0.15, 0.2) is 42.5 Å². The highest BCUT2D eigenvalue weighted by Gasteiger charge is 2.31. The van der Waals surface area contributed by atoms with Crippen molar-refractivity contribution < 1.29 is 23.0 Å². The van der Waals surface area contributed by atoms with Crippen LogP contribution in [0.1, 0.15) is 16.7 Å². The molecular weight excluding hydrogens is 283 g/mol. The molecule has 6 heteroatoms. The summed E-state index contributed by atoms with van der Waals surface area (Å²) >= 11 is 0. The van der Waals surface area contributed by atoms with Crippen LogP contribution in [0.4, 0.5) is 13.2 Å². The molecule has 0 aliphatic rings. The van der Waals surface area contributed by atoms with Crippen molar-refractivity contribution in [1.82, 2.24) is 0 Å². The minimum Gasteiger partial charge on any atom is -0.457 e. The summed E-state index contributed by atoms with van der Waals surface area (Å²) in [5.41, 5.74) is 5.51. The Morgan fingerprint density at radius 2 is 1.67 bits per heavy atom. The molecule has 0 amide bonds. The van der Waals surface area contributed by atoms with Crippen molar-refractivity contribution in [2.45, 2.75) is 19.3 Å². The Bertz CT molecular complexity index is 627. The van der Waals surface area contributed by atoms with Crippen LogP contribution >= 0.6 is 0 Å². The van der Waals surface area contributed by atoms with Gasteiger partial charge in [-0.2, -0.15) is 13.2 Å². The van der Waals surface area contributed by atoms with Gasteiger partial charge >= 0.3 is 6.18 Å². The molecule has 0 radical (unpaired) electrons. The van der Waals surface area contributed by atoms with Gasteiger partial charge in [-0.1, -0.05) is 18.2 Å². The first-order valence-corrected chi connectivity index (χ1v) is 6.22. The lowest BCUT2D eigenvalue weighted by molar-refractivity contribution is -0.137. The van der Waals surface area contributed by atoms with Crippen LogP contribution in [-0.2, 0) is 19.3 Å². The van der Waals surface area contributed by atoms with Crippen molar-refractivity contribution in [2.24, 2.45) is 5.73 Å². The molecule has 0 heterocycles. The topological polar surface area (TPSA) is 55.5 Å². The average molecular weight is 297 g/mol. The van der Waals surface area contributed by atoms with Crippen molar-refractivity contribution in [3.05, 3.63) is 59.2 Å². The van der Waals surface area contributed by atoms with Crippen molar-refractivity contribution in [3.8, 4) is 11.5 Å². The SMILES string of the molecule is NCc1cc(C(F)(F)F)ccc1Oc1ccccc1CO. The molecule has 0 atom stereocenters. The van der Waals surface area contributed by atoms with E-state index in [4.69, 9.17) is 10.5 Å². The molecule has 112 valence electrons. The highest BCUT2D eigenvalue weighted by molar-refractivity contribution is 5.43. The maximum Gasteiger partial charge on any atom is 0.416 e. The van der Waals surface area contributed by atoms with Gasteiger partial charge < -0.3 is 15.6 Å². The smallest absolute Gasteiger partial charge is 0.416 e. The number of nitrogens with two attached hydrogens (primary N) is 1. The van der Waals surface area contributed by atoms with E-state index in [1.165, 1.54) is 6.07 Å². The van der Waals surface area contributed by atoms with Crippen LogP contribution in [0.25, 0.3) is 0 Å². The summed E-state index contributed by atoms with van der Waals surface area (Å²) in [7, 11) is 0. The van der Waals surface area contributed by atoms with Crippen LogP contribution in [0.3, 0.4) is 0 Å². The Labute approximate surface area is 119 Å². The first-order chi connectivity index (χ1) is 9.95. The average Bonchev–Trinajstić information content (AvgIpc) is 2.47. The van der Waals surface area contributed by atoms with E-state index in [9.17, 15) is 18.3 Å². The zero-order chi connectivity index (χ0) is 15.5. The number of hydrogen-bond acceptors (Lipinski definition) is 3. The molecule has 21 heavy (non-hydrogen) atoms. The second-order valence-corrected chi connectivity index (χ2v) is 4.39. The highest BCUT2D eigenvalue weighted by Crippen LogP contribution is 2.34. The molecule has 3 N–H and O–H groups in total. The predicted octanol–water partition coefficient (Wildman–Crippen LogP) is 3.45. The van der Waals surface area contributed by atoms with Gasteiger partial charge in [0.05, 0.1) is 12.2 Å². The number of ether oxygens (including phenoxy) is 1. The Morgan fingerprint density at radius 1 is 1.00 bits per heavy atom. The molecule has 3 nitrogen and oxygen atoms in total. The number of hydrogen-bond donors (Lipinski definition) is 2. The summed E-state index contributed by atoms with van der Waals surface area (Å²) in [6.07, 6.45) is -4.43. The lowest BCUT2D eigenvalue weighted by atomic mass is 10.1. The maximum absolute atomic E-state index is 12.7. The molecule has 0 aliphatic carbocycles. The first kappa shape index (κ1) is 15.3. The van der Waals surface area contributed by atoms with Gasteiger partial charge in [0.25, 0.3) is 0 Å². The fourth-order valence-electron chi connectivity index (χ4n) is 1.87. The maximum atomic E-state index is 12.7. The molecule has 0 fully saturated rings. The molecular formula is C15H14F3NO2.